The Morgan fingerprint density at radius 3 is 2.79 bits per heavy atom. The van der Waals surface area contributed by atoms with E-state index in [-0.39, 0.29) is 17.6 Å². The van der Waals surface area contributed by atoms with Crippen molar-refractivity contribution in [1.29, 1.82) is 0 Å². The smallest absolute Gasteiger partial charge is 0.225 e. The predicted molar refractivity (Wildman–Crippen MR) is 81.9 cm³/mol. The first-order chi connectivity index (χ1) is 8.93. The third kappa shape index (κ3) is 5.20. The molecule has 0 saturated heterocycles. The molecular formula is C13H19ClN2O2S. The molecule has 1 aromatic carbocycles. The molecule has 1 aromatic rings. The summed E-state index contributed by atoms with van der Waals surface area (Å²) in [7, 11) is -0.958. The molecule has 2 unspecified atom stereocenters. The van der Waals surface area contributed by atoms with E-state index in [1.54, 1.807) is 18.2 Å². The molecule has 0 aliphatic heterocycles. The molecule has 2 atom stereocenters. The highest BCUT2D eigenvalue weighted by molar-refractivity contribution is 7.85. The Kier molecular flexibility index (Phi) is 6.31. The fourth-order valence-corrected chi connectivity index (χ4v) is 2.70. The summed E-state index contributed by atoms with van der Waals surface area (Å²) >= 11 is 5.79. The molecule has 0 spiro atoms. The van der Waals surface area contributed by atoms with Crippen molar-refractivity contribution in [2.75, 3.05) is 16.8 Å². The number of amides is 1. The van der Waals surface area contributed by atoms with E-state index in [4.69, 9.17) is 17.3 Å². The van der Waals surface area contributed by atoms with Crippen LogP contribution in [0.25, 0.3) is 0 Å². The minimum absolute atomic E-state index is 0.124. The normalized spacial score (nSPS) is 13.8. The zero-order chi connectivity index (χ0) is 14.4. The van der Waals surface area contributed by atoms with E-state index in [0.29, 0.717) is 22.2 Å². The van der Waals surface area contributed by atoms with Gasteiger partial charge in [0.15, 0.2) is 0 Å². The maximum absolute atomic E-state index is 11.7. The third-order valence-electron chi connectivity index (χ3n) is 2.83. The highest BCUT2D eigenvalue weighted by Crippen LogP contribution is 2.22. The number of carbonyl (C=O) groups excluding carboxylic acids is 1. The quantitative estimate of drug-likeness (QED) is 0.794. The van der Waals surface area contributed by atoms with Gasteiger partial charge in [0.05, 0.1) is 10.7 Å². The lowest BCUT2D eigenvalue weighted by molar-refractivity contribution is -0.115. The van der Waals surface area contributed by atoms with Crippen LogP contribution in [0.5, 0.6) is 0 Å². The van der Waals surface area contributed by atoms with Crippen molar-refractivity contribution in [3.8, 4) is 0 Å². The maximum atomic E-state index is 11.7. The summed E-state index contributed by atoms with van der Waals surface area (Å²) in [6.45, 7) is 3.91. The second-order valence-corrected chi connectivity index (χ2v) is 6.72. The average molecular weight is 303 g/mol. The average Bonchev–Trinajstić information content (AvgIpc) is 2.39. The van der Waals surface area contributed by atoms with Crippen molar-refractivity contribution in [1.82, 2.24) is 0 Å². The summed E-state index contributed by atoms with van der Waals surface area (Å²) in [4.78, 5) is 11.7. The molecule has 0 aliphatic rings. The van der Waals surface area contributed by atoms with E-state index >= 15 is 0 Å². The molecule has 0 aromatic heterocycles. The van der Waals surface area contributed by atoms with Gasteiger partial charge in [-0.15, -0.1) is 0 Å². The van der Waals surface area contributed by atoms with E-state index in [1.165, 1.54) is 0 Å². The van der Waals surface area contributed by atoms with Crippen LogP contribution in [0.4, 0.5) is 11.4 Å². The molecule has 0 radical (unpaired) electrons. The Hall–Kier alpha value is -1.07. The number of carbonyl (C=O) groups is 1. The van der Waals surface area contributed by atoms with E-state index < -0.39 is 10.8 Å². The highest BCUT2D eigenvalue weighted by Gasteiger charge is 2.11. The summed E-state index contributed by atoms with van der Waals surface area (Å²) in [6, 6.07) is 4.91. The molecule has 1 rings (SSSR count). The standard InChI is InChI=1S/C13H19ClN2O2S/c1-3-9(2)19(18)7-6-13(17)16-10-4-5-11(14)12(15)8-10/h4-5,8-9H,3,6-7,15H2,1-2H3,(H,16,17). The van der Waals surface area contributed by atoms with E-state index in [2.05, 4.69) is 5.32 Å². The van der Waals surface area contributed by atoms with Gasteiger partial charge in [0.1, 0.15) is 0 Å². The molecule has 0 fully saturated rings. The zero-order valence-electron chi connectivity index (χ0n) is 11.1. The van der Waals surface area contributed by atoms with Crippen LogP contribution in [0, 0.1) is 0 Å². The lowest BCUT2D eigenvalue weighted by Crippen LogP contribution is -2.19. The Morgan fingerprint density at radius 1 is 1.53 bits per heavy atom. The van der Waals surface area contributed by atoms with E-state index in [0.717, 1.165) is 6.42 Å². The summed E-state index contributed by atoms with van der Waals surface area (Å²) in [5.41, 5.74) is 6.66. The van der Waals surface area contributed by atoms with Gasteiger partial charge in [-0.2, -0.15) is 0 Å². The second kappa shape index (κ2) is 7.50. The second-order valence-electron chi connectivity index (χ2n) is 4.34. The van der Waals surface area contributed by atoms with Crippen molar-refractivity contribution in [2.24, 2.45) is 0 Å². The van der Waals surface area contributed by atoms with Gasteiger partial charge in [-0.3, -0.25) is 9.00 Å². The summed E-state index contributed by atoms with van der Waals surface area (Å²) < 4.78 is 11.7. The number of anilines is 2. The molecule has 0 aliphatic carbocycles. The van der Waals surface area contributed by atoms with Crippen molar-refractivity contribution in [3.05, 3.63) is 23.2 Å². The summed E-state index contributed by atoms with van der Waals surface area (Å²) in [5.74, 6) is 0.211. The molecule has 106 valence electrons. The van der Waals surface area contributed by atoms with Gasteiger partial charge in [-0.25, -0.2) is 0 Å². The summed E-state index contributed by atoms with van der Waals surface area (Å²) in [6.07, 6.45) is 1.08. The van der Waals surface area contributed by atoms with Gasteiger partial charge >= 0.3 is 0 Å². The van der Waals surface area contributed by atoms with Crippen LogP contribution < -0.4 is 11.1 Å². The lowest BCUT2D eigenvalue weighted by atomic mass is 10.2. The molecular weight excluding hydrogens is 284 g/mol. The molecule has 1 amide bonds. The van der Waals surface area contributed by atoms with Gasteiger partial charge in [0, 0.05) is 33.9 Å². The number of benzene rings is 1. The topological polar surface area (TPSA) is 72.2 Å². The first kappa shape index (κ1) is 16.0. The first-order valence-electron chi connectivity index (χ1n) is 6.16. The Labute approximate surface area is 121 Å². The van der Waals surface area contributed by atoms with Crippen LogP contribution >= 0.6 is 11.6 Å². The van der Waals surface area contributed by atoms with Crippen LogP contribution in [0.15, 0.2) is 18.2 Å². The number of halogens is 1. The van der Waals surface area contributed by atoms with Crippen LogP contribution in [-0.4, -0.2) is 21.1 Å². The van der Waals surface area contributed by atoms with Crippen molar-refractivity contribution in [3.63, 3.8) is 0 Å². The van der Waals surface area contributed by atoms with Crippen molar-refractivity contribution >= 4 is 39.7 Å². The van der Waals surface area contributed by atoms with Gasteiger partial charge < -0.3 is 11.1 Å². The maximum Gasteiger partial charge on any atom is 0.225 e. The van der Waals surface area contributed by atoms with E-state index in [1.807, 2.05) is 13.8 Å². The fourth-order valence-electron chi connectivity index (χ4n) is 1.43. The van der Waals surface area contributed by atoms with Crippen molar-refractivity contribution < 1.29 is 9.00 Å². The van der Waals surface area contributed by atoms with Crippen molar-refractivity contribution in [2.45, 2.75) is 31.9 Å². The third-order valence-corrected chi connectivity index (χ3v) is 5.02. The minimum Gasteiger partial charge on any atom is -0.397 e. The number of hydrogen-bond acceptors (Lipinski definition) is 3. The number of hydrogen-bond donors (Lipinski definition) is 2. The molecule has 0 saturated carbocycles. The van der Waals surface area contributed by atoms with Gasteiger partial charge in [0.25, 0.3) is 0 Å². The number of nitrogens with two attached hydrogens (primary N) is 1. The lowest BCUT2D eigenvalue weighted by Gasteiger charge is -2.09. The van der Waals surface area contributed by atoms with Crippen LogP contribution in [-0.2, 0) is 15.6 Å². The largest absolute Gasteiger partial charge is 0.397 e. The van der Waals surface area contributed by atoms with Gasteiger partial charge in [0.2, 0.25) is 5.91 Å². The summed E-state index contributed by atoms with van der Waals surface area (Å²) in [5, 5.41) is 3.29. The minimum atomic E-state index is -0.958. The zero-order valence-corrected chi connectivity index (χ0v) is 12.7. The SMILES string of the molecule is CCC(C)S(=O)CCC(=O)Nc1ccc(Cl)c(N)c1. The predicted octanol–water partition coefficient (Wildman–Crippen LogP) is 2.80. The molecule has 6 heteroatoms. The molecule has 3 N–H and O–H groups in total. The first-order valence-corrected chi connectivity index (χ1v) is 7.92. The van der Waals surface area contributed by atoms with Gasteiger partial charge in [-0.1, -0.05) is 25.4 Å². The Morgan fingerprint density at radius 2 is 2.21 bits per heavy atom. The van der Waals surface area contributed by atoms with E-state index in [9.17, 15) is 9.00 Å². The molecule has 0 bridgehead atoms. The Balaban J connectivity index is 2.47. The monoisotopic (exact) mass is 302 g/mol. The highest BCUT2D eigenvalue weighted by atomic mass is 35.5. The van der Waals surface area contributed by atoms with Gasteiger partial charge in [-0.05, 0) is 24.6 Å². The molecule has 4 nitrogen and oxygen atoms in total. The number of nitrogens with one attached hydrogen (secondary N) is 1. The number of rotatable bonds is 6. The molecule has 19 heavy (non-hydrogen) atoms. The fraction of sp³-hybridized carbons (Fsp3) is 0.462. The van der Waals surface area contributed by atoms with Crippen LogP contribution in [0.3, 0.4) is 0 Å². The molecule has 0 heterocycles. The Bertz CT molecular complexity index is 480. The number of nitrogen functional groups attached to an aromatic ring is 1. The van der Waals surface area contributed by atoms with Crippen LogP contribution in [0.1, 0.15) is 26.7 Å². The van der Waals surface area contributed by atoms with Crippen LogP contribution in [0.2, 0.25) is 5.02 Å².